The van der Waals surface area contributed by atoms with Crippen LogP contribution in [-0.2, 0) is 6.54 Å². The van der Waals surface area contributed by atoms with Gasteiger partial charge in [-0.3, -0.25) is 4.79 Å². The Morgan fingerprint density at radius 2 is 1.72 bits per heavy atom. The van der Waals surface area contributed by atoms with Crippen molar-refractivity contribution < 1.29 is 26.8 Å². The summed E-state index contributed by atoms with van der Waals surface area (Å²) in [5.41, 5.74) is 2.07. The summed E-state index contributed by atoms with van der Waals surface area (Å²) in [7, 11) is 1.63. The number of ether oxygens (including phenoxy) is 1. The molecule has 0 aromatic heterocycles. The van der Waals surface area contributed by atoms with Gasteiger partial charge in [-0.15, -0.1) is 0 Å². The number of nitrogens with one attached hydrogen (secondary N) is 2. The number of rotatable bonds is 5. The van der Waals surface area contributed by atoms with Crippen LogP contribution in [0.3, 0.4) is 0 Å². The maximum atomic E-state index is 12.3. The monoisotopic (exact) mass is 360 g/mol. The van der Waals surface area contributed by atoms with E-state index >= 15 is 0 Å². The normalized spacial score (nSPS) is 19.6. The Morgan fingerprint density at radius 1 is 1.08 bits per heavy atom. The second kappa shape index (κ2) is 9.44. The summed E-state index contributed by atoms with van der Waals surface area (Å²) in [6.45, 7) is 3.27. The number of likely N-dealkylation sites (tertiary alicyclic amines) is 1. The first-order chi connectivity index (χ1) is 11.7. The van der Waals surface area contributed by atoms with Gasteiger partial charge in [0.25, 0.3) is 5.91 Å². The molecule has 5 heteroatoms. The summed E-state index contributed by atoms with van der Waals surface area (Å²) in [6, 6.07) is 18.2. The van der Waals surface area contributed by atoms with Gasteiger partial charge in [0.2, 0.25) is 0 Å². The molecule has 134 valence electrons. The summed E-state index contributed by atoms with van der Waals surface area (Å²) in [5.74, 6) is 0.776. The number of carbonyl (C=O) groups excluding carboxylic acids is 1. The fraction of sp³-hybridized carbons (Fsp3) is 0.350. The smallest absolute Gasteiger partial charge is 0.251 e. The maximum Gasteiger partial charge on any atom is 0.251 e. The molecule has 0 bridgehead atoms. The van der Waals surface area contributed by atoms with Crippen molar-refractivity contribution in [1.82, 2.24) is 5.32 Å². The fourth-order valence-corrected chi connectivity index (χ4v) is 3.24. The average molecular weight is 361 g/mol. The molecule has 1 heterocycles. The minimum Gasteiger partial charge on any atom is -1.00 e. The lowest BCUT2D eigenvalue weighted by Crippen LogP contribution is -3.12. The van der Waals surface area contributed by atoms with Gasteiger partial charge in [-0.25, -0.2) is 0 Å². The molecule has 1 aliphatic heterocycles. The van der Waals surface area contributed by atoms with Gasteiger partial charge in [0.05, 0.1) is 20.2 Å². The number of carbonyl (C=O) groups is 1. The van der Waals surface area contributed by atoms with Crippen LogP contribution in [0.25, 0.3) is 0 Å². The Labute approximate surface area is 155 Å². The van der Waals surface area contributed by atoms with Crippen LogP contribution >= 0.6 is 0 Å². The predicted molar refractivity (Wildman–Crippen MR) is 94.3 cm³/mol. The topological polar surface area (TPSA) is 42.8 Å². The fourth-order valence-electron chi connectivity index (χ4n) is 3.24. The molecule has 0 unspecified atom stereocenters. The van der Waals surface area contributed by atoms with Gasteiger partial charge in [0.1, 0.15) is 12.3 Å². The van der Waals surface area contributed by atoms with Crippen molar-refractivity contribution in [3.05, 3.63) is 65.7 Å². The molecule has 0 atom stereocenters. The Hall–Kier alpha value is -2.04. The zero-order chi connectivity index (χ0) is 16.8. The van der Waals surface area contributed by atoms with Crippen molar-refractivity contribution in [2.24, 2.45) is 0 Å². The van der Waals surface area contributed by atoms with Gasteiger partial charge < -0.3 is 27.4 Å². The van der Waals surface area contributed by atoms with Crippen LogP contribution < -0.4 is 27.4 Å². The van der Waals surface area contributed by atoms with E-state index in [-0.39, 0.29) is 24.4 Å². The molecule has 2 aromatic carbocycles. The van der Waals surface area contributed by atoms with Gasteiger partial charge in [-0.05, 0) is 24.3 Å². The average Bonchev–Trinajstić information content (AvgIpc) is 2.64. The number of quaternary nitrogens is 1. The molecule has 1 fully saturated rings. The second-order valence-electron chi connectivity index (χ2n) is 6.39. The van der Waals surface area contributed by atoms with Crippen LogP contribution in [0.1, 0.15) is 28.8 Å². The van der Waals surface area contributed by atoms with E-state index < -0.39 is 0 Å². The minimum absolute atomic E-state index is 0. The highest BCUT2D eigenvalue weighted by atomic mass is 35.5. The highest BCUT2D eigenvalue weighted by molar-refractivity contribution is 5.94. The van der Waals surface area contributed by atoms with Crippen LogP contribution in [-0.4, -0.2) is 32.1 Å². The van der Waals surface area contributed by atoms with Crippen LogP contribution in [0.4, 0.5) is 0 Å². The number of amides is 1. The number of hydrogen-bond acceptors (Lipinski definition) is 2. The number of halogens is 1. The van der Waals surface area contributed by atoms with E-state index in [0.29, 0.717) is 5.56 Å². The molecule has 2 aromatic rings. The van der Waals surface area contributed by atoms with Gasteiger partial charge in [0.15, 0.2) is 0 Å². The van der Waals surface area contributed by atoms with Crippen molar-refractivity contribution in [2.75, 3.05) is 20.2 Å². The van der Waals surface area contributed by atoms with Gasteiger partial charge >= 0.3 is 0 Å². The van der Waals surface area contributed by atoms with E-state index in [9.17, 15) is 4.79 Å². The van der Waals surface area contributed by atoms with E-state index in [1.165, 1.54) is 5.56 Å². The highest BCUT2D eigenvalue weighted by Gasteiger charge is 2.23. The molecule has 0 saturated carbocycles. The zero-order valence-corrected chi connectivity index (χ0v) is 15.3. The van der Waals surface area contributed by atoms with E-state index in [0.717, 1.165) is 38.2 Å². The lowest BCUT2D eigenvalue weighted by molar-refractivity contribution is -0.918. The minimum atomic E-state index is 0. The molecule has 1 aliphatic rings. The van der Waals surface area contributed by atoms with Crippen LogP contribution in [0.5, 0.6) is 5.75 Å². The third-order valence-corrected chi connectivity index (χ3v) is 4.68. The summed E-state index contributed by atoms with van der Waals surface area (Å²) >= 11 is 0. The van der Waals surface area contributed by atoms with Gasteiger partial charge in [-0.1, -0.05) is 30.3 Å². The van der Waals surface area contributed by atoms with E-state index in [2.05, 4.69) is 35.6 Å². The third-order valence-electron chi connectivity index (χ3n) is 4.68. The molecule has 4 nitrogen and oxygen atoms in total. The van der Waals surface area contributed by atoms with E-state index in [1.54, 1.807) is 12.0 Å². The van der Waals surface area contributed by atoms with Crippen LogP contribution in [0.2, 0.25) is 0 Å². The zero-order valence-electron chi connectivity index (χ0n) is 14.5. The SMILES string of the molecule is COc1ccc(C(=O)NC2CC[NH+](Cc3ccccc3)CC2)cc1.[Cl-]. The third kappa shape index (κ3) is 5.48. The van der Waals surface area contributed by atoms with E-state index in [4.69, 9.17) is 4.74 Å². The lowest BCUT2D eigenvalue weighted by atomic mass is 10.0. The maximum absolute atomic E-state index is 12.3. The summed E-state index contributed by atoms with van der Waals surface area (Å²) in [4.78, 5) is 13.9. The molecule has 1 amide bonds. The van der Waals surface area contributed by atoms with Gasteiger partial charge in [0, 0.05) is 30.0 Å². The first-order valence-corrected chi connectivity index (χ1v) is 8.57. The molecule has 25 heavy (non-hydrogen) atoms. The summed E-state index contributed by atoms with van der Waals surface area (Å²) in [6.07, 6.45) is 2.06. The Morgan fingerprint density at radius 3 is 2.32 bits per heavy atom. The summed E-state index contributed by atoms with van der Waals surface area (Å²) < 4.78 is 5.13. The van der Waals surface area contributed by atoms with Crippen molar-refractivity contribution in [3.8, 4) is 5.75 Å². The van der Waals surface area contributed by atoms with Gasteiger partial charge in [-0.2, -0.15) is 0 Å². The summed E-state index contributed by atoms with van der Waals surface area (Å²) in [5, 5.41) is 3.16. The lowest BCUT2D eigenvalue weighted by Gasteiger charge is -2.29. The first-order valence-electron chi connectivity index (χ1n) is 8.57. The van der Waals surface area contributed by atoms with Crippen molar-refractivity contribution in [2.45, 2.75) is 25.4 Å². The molecule has 0 radical (unpaired) electrons. The quantitative estimate of drug-likeness (QED) is 0.694. The molecule has 2 N–H and O–H groups in total. The number of benzene rings is 2. The van der Waals surface area contributed by atoms with Crippen LogP contribution in [0.15, 0.2) is 54.6 Å². The largest absolute Gasteiger partial charge is 1.00 e. The molecule has 0 aliphatic carbocycles. The van der Waals surface area contributed by atoms with E-state index in [1.807, 2.05) is 24.3 Å². The highest BCUT2D eigenvalue weighted by Crippen LogP contribution is 2.12. The second-order valence-corrected chi connectivity index (χ2v) is 6.39. The Balaban J connectivity index is 0.00000225. The molecule has 1 saturated heterocycles. The Kier molecular flexibility index (Phi) is 7.29. The predicted octanol–water partition coefficient (Wildman–Crippen LogP) is -1.32. The first kappa shape index (κ1) is 19.3. The standard InChI is InChI=1S/C20H24N2O2.ClH/c1-24-19-9-7-17(8-10-19)20(23)21-18-11-13-22(14-12-18)15-16-5-3-2-4-6-16;/h2-10,18H,11-15H2,1H3,(H,21,23);1H. The number of hydrogen-bond donors (Lipinski definition) is 2. The molecular formula is C20H25ClN2O2. The van der Waals surface area contributed by atoms with Crippen molar-refractivity contribution in [3.63, 3.8) is 0 Å². The van der Waals surface area contributed by atoms with Crippen molar-refractivity contribution >= 4 is 5.91 Å². The molecule has 3 rings (SSSR count). The number of piperidine rings is 1. The Bertz CT molecular complexity index is 653. The van der Waals surface area contributed by atoms with Crippen LogP contribution in [0, 0.1) is 0 Å². The van der Waals surface area contributed by atoms with Crippen molar-refractivity contribution in [1.29, 1.82) is 0 Å². The molecular weight excluding hydrogens is 336 g/mol. The number of methoxy groups -OCH3 is 1. The molecule has 0 spiro atoms.